The quantitative estimate of drug-likeness (QED) is 0.425. The lowest BCUT2D eigenvalue weighted by Gasteiger charge is -2.43. The van der Waals surface area contributed by atoms with Gasteiger partial charge in [-0.3, -0.25) is 0 Å². The molecule has 8 rings (SSSR count). The number of carbonyl (C=O) groups excluding carboxylic acids is 2. The summed E-state index contributed by atoms with van der Waals surface area (Å²) in [4.78, 5) is 28.3. The molecule has 0 bridgehead atoms. The van der Waals surface area contributed by atoms with Crippen LogP contribution in [0.3, 0.4) is 0 Å². The van der Waals surface area contributed by atoms with E-state index in [9.17, 15) is 9.59 Å². The van der Waals surface area contributed by atoms with Crippen LogP contribution in [0, 0.1) is 0 Å². The summed E-state index contributed by atoms with van der Waals surface area (Å²) in [6.45, 7) is 14.6. The summed E-state index contributed by atoms with van der Waals surface area (Å²) in [5.41, 5.74) is 0.429. The largest absolute Gasteiger partial charge is 0.450 e. The number of ether oxygens (including phenoxy) is 12. The number of hydrogen-bond acceptors (Lipinski definition) is 14. The van der Waals surface area contributed by atoms with E-state index in [-0.39, 0.29) is 37.6 Å². The molecule has 2 aromatic carbocycles. The van der Waals surface area contributed by atoms with Crippen molar-refractivity contribution in [1.82, 2.24) is 0 Å². The Balaban J connectivity index is 1.10. The van der Waals surface area contributed by atoms with E-state index in [1.807, 2.05) is 0 Å². The molecule has 14 nitrogen and oxygen atoms in total. The van der Waals surface area contributed by atoms with Crippen molar-refractivity contribution >= 4 is 22.7 Å². The van der Waals surface area contributed by atoms with Crippen molar-refractivity contribution in [1.29, 1.82) is 0 Å². The molecular weight excluding hydrogens is 656 g/mol. The Morgan fingerprint density at radius 2 is 0.960 bits per heavy atom. The molecule has 2 spiro atoms. The van der Waals surface area contributed by atoms with Crippen molar-refractivity contribution in [3.8, 4) is 0 Å². The van der Waals surface area contributed by atoms with Gasteiger partial charge in [-0.05, 0) is 78.3 Å². The van der Waals surface area contributed by atoms with Gasteiger partial charge in [-0.15, -0.1) is 0 Å². The Morgan fingerprint density at radius 3 is 1.32 bits per heavy atom. The minimum absolute atomic E-state index is 0.0164. The SMILES string of the molecule is CC1(C)O[C@@H]2[C@@H](CO[C@@]3(COC(C)(C)O3)[C@H]2OC(=O)c2ccc(C(=O)O[C@H]3[C@@H]4OC(C)(C)O[C@@H]4CO[C@@]34COC(C)(C)O4)c3ccccc23)O1. The molecule has 0 saturated carbocycles. The Hall–Kier alpha value is -2.76. The zero-order valence-electron chi connectivity index (χ0n) is 29.5. The summed E-state index contributed by atoms with van der Waals surface area (Å²) < 4.78 is 73.7. The highest BCUT2D eigenvalue weighted by Crippen LogP contribution is 2.47. The molecule has 8 atom stereocenters. The molecule has 50 heavy (non-hydrogen) atoms. The van der Waals surface area contributed by atoms with Gasteiger partial charge in [0, 0.05) is 0 Å². The molecule has 2 aromatic rings. The van der Waals surface area contributed by atoms with Crippen molar-refractivity contribution in [2.75, 3.05) is 26.4 Å². The lowest BCUT2D eigenvalue weighted by molar-refractivity contribution is -0.325. The molecule has 6 heterocycles. The molecule has 0 unspecified atom stereocenters. The maximum atomic E-state index is 14.1. The van der Waals surface area contributed by atoms with E-state index in [1.165, 1.54) is 12.1 Å². The molecular formula is C36H44O14. The van der Waals surface area contributed by atoms with Gasteiger partial charge in [-0.25, -0.2) is 9.59 Å². The molecule has 6 aliphatic heterocycles. The van der Waals surface area contributed by atoms with Crippen LogP contribution in [0.5, 0.6) is 0 Å². The van der Waals surface area contributed by atoms with E-state index in [0.29, 0.717) is 10.8 Å². The normalized spacial score (nSPS) is 39.0. The second kappa shape index (κ2) is 11.4. The smallest absolute Gasteiger partial charge is 0.339 e. The molecule has 0 amide bonds. The number of fused-ring (bicyclic) bond motifs is 3. The zero-order chi connectivity index (χ0) is 35.5. The van der Waals surface area contributed by atoms with Crippen LogP contribution in [0.2, 0.25) is 0 Å². The Bertz CT molecular complexity index is 1580. The summed E-state index contributed by atoms with van der Waals surface area (Å²) in [6, 6.07) is 10.1. The average molecular weight is 701 g/mol. The topological polar surface area (TPSA) is 145 Å². The standard InChI is InChI=1S/C36H44O14/c1-31(2)41-17-35(49-31)27(25-23(15-39-35)45-33(5,6)47-25)43-29(37)21-13-14-22(20-12-10-9-11-19(20)21)30(38)44-28-26-24(46-34(7,8)48-26)16-40-36(28)18-42-32(3,4)50-36/h9-14,23-28H,15-18H2,1-8H3/t23-,24-,25-,26-,27+,28+,35-,36-/m1/s1. The minimum atomic E-state index is -1.42. The molecule has 14 heteroatoms. The van der Waals surface area contributed by atoms with E-state index in [0.717, 1.165) is 0 Å². The summed E-state index contributed by atoms with van der Waals surface area (Å²) in [6.07, 6.45) is -4.44. The van der Waals surface area contributed by atoms with Gasteiger partial charge in [0.25, 0.3) is 0 Å². The van der Waals surface area contributed by atoms with Crippen LogP contribution in [0.1, 0.15) is 76.1 Å². The first-order chi connectivity index (χ1) is 23.4. The Kier molecular flexibility index (Phi) is 7.81. The van der Waals surface area contributed by atoms with Gasteiger partial charge < -0.3 is 56.8 Å². The van der Waals surface area contributed by atoms with Gasteiger partial charge in [0.1, 0.15) is 37.6 Å². The highest BCUT2D eigenvalue weighted by Gasteiger charge is 2.66. The van der Waals surface area contributed by atoms with Crippen LogP contribution < -0.4 is 0 Å². The first kappa shape index (κ1) is 34.3. The second-order valence-corrected chi connectivity index (χ2v) is 15.5. The van der Waals surface area contributed by atoms with Gasteiger partial charge in [-0.1, -0.05) is 24.3 Å². The van der Waals surface area contributed by atoms with Crippen LogP contribution in [0.4, 0.5) is 0 Å². The molecule has 6 saturated heterocycles. The van der Waals surface area contributed by atoms with Crippen LogP contribution in [-0.2, 0) is 56.8 Å². The van der Waals surface area contributed by atoms with Crippen molar-refractivity contribution in [3.63, 3.8) is 0 Å². The van der Waals surface area contributed by atoms with Crippen LogP contribution in [0.15, 0.2) is 36.4 Å². The number of rotatable bonds is 4. The van der Waals surface area contributed by atoms with Gasteiger partial charge >= 0.3 is 11.9 Å². The van der Waals surface area contributed by atoms with Crippen LogP contribution in [-0.4, -0.2) is 110 Å². The number of esters is 2. The Labute approximate surface area is 289 Å². The maximum absolute atomic E-state index is 14.1. The average Bonchev–Trinajstić information content (AvgIpc) is 3.74. The monoisotopic (exact) mass is 700 g/mol. The third-order valence-corrected chi connectivity index (χ3v) is 9.80. The van der Waals surface area contributed by atoms with Gasteiger partial charge in [0.2, 0.25) is 11.6 Å². The highest BCUT2D eigenvalue weighted by molar-refractivity contribution is 6.11. The summed E-state index contributed by atoms with van der Waals surface area (Å²) in [5, 5.41) is 0.940. The maximum Gasteiger partial charge on any atom is 0.339 e. The summed E-state index contributed by atoms with van der Waals surface area (Å²) in [5.74, 6) is -8.01. The molecule has 0 radical (unpaired) electrons. The van der Waals surface area contributed by atoms with Crippen LogP contribution in [0.25, 0.3) is 10.8 Å². The number of hydrogen-bond donors (Lipinski definition) is 0. The van der Waals surface area contributed by atoms with Gasteiger partial charge in [-0.2, -0.15) is 0 Å². The van der Waals surface area contributed by atoms with Crippen molar-refractivity contribution in [3.05, 3.63) is 47.5 Å². The molecule has 272 valence electrons. The number of benzene rings is 2. The Morgan fingerprint density at radius 1 is 0.560 bits per heavy atom. The fourth-order valence-corrected chi connectivity index (χ4v) is 7.86. The van der Waals surface area contributed by atoms with E-state index >= 15 is 0 Å². The summed E-state index contributed by atoms with van der Waals surface area (Å²) >= 11 is 0. The number of carbonyl (C=O) groups is 2. The third-order valence-electron chi connectivity index (χ3n) is 9.80. The van der Waals surface area contributed by atoms with Crippen molar-refractivity contribution < 1.29 is 66.4 Å². The molecule has 0 aliphatic carbocycles. The first-order valence-electron chi connectivity index (χ1n) is 17.0. The van der Waals surface area contributed by atoms with Gasteiger partial charge in [0.05, 0.1) is 24.3 Å². The fourth-order valence-electron chi connectivity index (χ4n) is 7.86. The third kappa shape index (κ3) is 5.83. The lowest BCUT2D eigenvalue weighted by atomic mass is 9.95. The second-order valence-electron chi connectivity index (χ2n) is 15.5. The summed E-state index contributed by atoms with van der Waals surface area (Å²) in [7, 11) is 0. The first-order valence-corrected chi connectivity index (χ1v) is 17.0. The predicted octanol–water partition coefficient (Wildman–Crippen LogP) is 3.95. The van der Waals surface area contributed by atoms with E-state index < -0.39 is 83.3 Å². The van der Waals surface area contributed by atoms with Crippen molar-refractivity contribution in [2.45, 2.75) is 127 Å². The van der Waals surface area contributed by atoms with Crippen molar-refractivity contribution in [2.24, 2.45) is 0 Å². The molecule has 0 aromatic heterocycles. The van der Waals surface area contributed by atoms with E-state index in [2.05, 4.69) is 0 Å². The minimum Gasteiger partial charge on any atom is -0.450 e. The predicted molar refractivity (Wildman–Crippen MR) is 170 cm³/mol. The lowest BCUT2D eigenvalue weighted by Crippen LogP contribution is -2.63. The van der Waals surface area contributed by atoms with E-state index in [1.54, 1.807) is 79.7 Å². The zero-order valence-corrected chi connectivity index (χ0v) is 29.5. The van der Waals surface area contributed by atoms with E-state index in [4.69, 9.17) is 56.8 Å². The molecule has 6 aliphatic rings. The fraction of sp³-hybridized carbons (Fsp3) is 0.667. The van der Waals surface area contributed by atoms with Gasteiger partial charge in [0.15, 0.2) is 35.4 Å². The molecule has 6 fully saturated rings. The molecule has 0 N–H and O–H groups in total. The van der Waals surface area contributed by atoms with Crippen LogP contribution >= 0.6 is 0 Å². The highest BCUT2D eigenvalue weighted by atomic mass is 16.9.